The summed E-state index contributed by atoms with van der Waals surface area (Å²) in [5, 5.41) is 4.03. The van der Waals surface area contributed by atoms with Gasteiger partial charge in [-0.05, 0) is 49.0 Å². The van der Waals surface area contributed by atoms with Crippen LogP contribution in [-0.2, 0) is 4.79 Å². The highest BCUT2D eigenvalue weighted by Gasteiger charge is 2.24. The topological polar surface area (TPSA) is 41.5 Å². The number of carbonyl (C=O) groups is 1. The molecule has 7 heteroatoms. The summed E-state index contributed by atoms with van der Waals surface area (Å²) in [4.78, 5) is 19.2. The fourth-order valence-corrected chi connectivity index (χ4v) is 3.89. The lowest BCUT2D eigenvalue weighted by Gasteiger charge is -2.00. The van der Waals surface area contributed by atoms with Gasteiger partial charge in [0.05, 0.1) is 20.6 Å². The van der Waals surface area contributed by atoms with Crippen LogP contribution in [0.25, 0.3) is 6.08 Å². The summed E-state index contributed by atoms with van der Waals surface area (Å²) in [5.41, 5.74) is 0.533. The molecule has 1 aliphatic heterocycles. The zero-order chi connectivity index (χ0) is 15.7. The Hall–Kier alpha value is -1.27. The van der Waals surface area contributed by atoms with Gasteiger partial charge in [0.15, 0.2) is 5.17 Å². The number of rotatable bonds is 2. The first-order valence-corrected chi connectivity index (χ1v) is 8.72. The minimum Gasteiger partial charge on any atom is -0.300 e. The van der Waals surface area contributed by atoms with Crippen molar-refractivity contribution in [3.63, 3.8) is 0 Å². The number of aryl methyl sites for hydroxylation is 1. The first-order valence-electron chi connectivity index (χ1n) is 6.33. The van der Waals surface area contributed by atoms with Crippen molar-refractivity contribution < 1.29 is 4.79 Å². The van der Waals surface area contributed by atoms with Crippen LogP contribution < -0.4 is 5.32 Å². The van der Waals surface area contributed by atoms with E-state index in [1.165, 1.54) is 16.6 Å². The summed E-state index contributed by atoms with van der Waals surface area (Å²) < 4.78 is 0. The number of hydrogen-bond donors (Lipinski definition) is 1. The molecule has 0 spiro atoms. The van der Waals surface area contributed by atoms with E-state index in [4.69, 9.17) is 23.2 Å². The lowest BCUT2D eigenvalue weighted by molar-refractivity contribution is -0.115. The monoisotopic (exact) mass is 368 g/mol. The molecule has 1 aliphatic rings. The largest absolute Gasteiger partial charge is 0.300 e. The lowest BCUT2D eigenvalue weighted by Crippen LogP contribution is -2.19. The second kappa shape index (κ2) is 6.46. The molecule has 1 fully saturated rings. The minimum atomic E-state index is -0.159. The average molecular weight is 369 g/mol. The summed E-state index contributed by atoms with van der Waals surface area (Å²) in [6.07, 6.45) is 1.86. The molecule has 0 unspecified atom stereocenters. The Labute approximate surface area is 146 Å². The normalized spacial score (nSPS) is 18.2. The maximum atomic E-state index is 12.0. The predicted molar refractivity (Wildman–Crippen MR) is 96.3 cm³/mol. The van der Waals surface area contributed by atoms with Gasteiger partial charge in [-0.2, -0.15) is 0 Å². The molecule has 2 aromatic rings. The molecule has 22 heavy (non-hydrogen) atoms. The van der Waals surface area contributed by atoms with Crippen LogP contribution in [0.3, 0.4) is 0 Å². The maximum Gasteiger partial charge on any atom is 0.264 e. The third kappa shape index (κ3) is 3.38. The van der Waals surface area contributed by atoms with E-state index in [2.05, 4.69) is 10.3 Å². The molecule has 2 heterocycles. The van der Waals surface area contributed by atoms with Crippen LogP contribution in [0, 0.1) is 6.92 Å². The Balaban J connectivity index is 1.87. The number of hydrogen-bond acceptors (Lipinski definition) is 4. The predicted octanol–water partition coefficient (Wildman–Crippen LogP) is 5.25. The number of aliphatic imine (C=N–C) groups is 1. The van der Waals surface area contributed by atoms with E-state index >= 15 is 0 Å². The van der Waals surface area contributed by atoms with Crippen LogP contribution in [0.5, 0.6) is 0 Å². The zero-order valence-corrected chi connectivity index (χ0v) is 14.5. The highest BCUT2D eigenvalue weighted by atomic mass is 35.5. The van der Waals surface area contributed by atoms with E-state index < -0.39 is 0 Å². The number of benzene rings is 1. The molecule has 0 bridgehead atoms. The minimum absolute atomic E-state index is 0.159. The third-order valence-corrected chi connectivity index (χ3v) is 5.51. The number of nitrogens with one attached hydrogen (secondary N) is 1. The average Bonchev–Trinajstić information content (AvgIpc) is 3.02. The fourth-order valence-electron chi connectivity index (χ4n) is 1.83. The smallest absolute Gasteiger partial charge is 0.264 e. The van der Waals surface area contributed by atoms with Crippen LogP contribution in [0.4, 0.5) is 5.69 Å². The molecule has 1 saturated heterocycles. The standard InChI is InChI=1S/C15H10Cl2N2OS2/c1-8-5-6-9(21-8)7-12-14(20)19-15(22-12)18-11-4-2-3-10(16)13(11)17/h2-7H,1H3,(H,18,19,20)/b12-7+. The van der Waals surface area contributed by atoms with Crippen molar-refractivity contribution >= 4 is 69.1 Å². The SMILES string of the molecule is Cc1ccc(/C=C2/SC(=Nc3cccc(Cl)c3Cl)NC2=O)s1. The Kier molecular flexibility index (Phi) is 4.59. The van der Waals surface area contributed by atoms with Crippen LogP contribution >= 0.6 is 46.3 Å². The molecule has 1 aromatic heterocycles. The number of amidine groups is 1. The number of thioether (sulfide) groups is 1. The molecule has 3 rings (SSSR count). The van der Waals surface area contributed by atoms with E-state index in [1.54, 1.807) is 29.5 Å². The molecule has 0 atom stereocenters. The Morgan fingerprint density at radius 3 is 2.77 bits per heavy atom. The van der Waals surface area contributed by atoms with Crippen LogP contribution in [0.15, 0.2) is 40.2 Å². The van der Waals surface area contributed by atoms with E-state index in [-0.39, 0.29) is 5.91 Å². The second-order valence-electron chi connectivity index (χ2n) is 4.50. The Morgan fingerprint density at radius 1 is 1.23 bits per heavy atom. The third-order valence-electron chi connectivity index (χ3n) is 2.84. The van der Waals surface area contributed by atoms with Crippen LogP contribution in [0.1, 0.15) is 9.75 Å². The molecular formula is C15H10Cl2N2OS2. The summed E-state index contributed by atoms with van der Waals surface area (Å²) in [6.45, 7) is 2.03. The summed E-state index contributed by atoms with van der Waals surface area (Å²) in [7, 11) is 0. The van der Waals surface area contributed by atoms with Gasteiger partial charge in [0, 0.05) is 9.75 Å². The van der Waals surface area contributed by atoms with Gasteiger partial charge < -0.3 is 5.32 Å². The molecular weight excluding hydrogens is 359 g/mol. The molecule has 112 valence electrons. The van der Waals surface area contributed by atoms with Crippen molar-refractivity contribution in [3.8, 4) is 0 Å². The van der Waals surface area contributed by atoms with Gasteiger partial charge >= 0.3 is 0 Å². The molecule has 0 aliphatic carbocycles. The molecule has 1 amide bonds. The lowest BCUT2D eigenvalue weighted by atomic mass is 10.3. The summed E-state index contributed by atoms with van der Waals surface area (Å²) in [5.74, 6) is -0.159. The number of thiophene rings is 1. The van der Waals surface area contributed by atoms with Gasteiger partial charge in [-0.25, -0.2) is 4.99 Å². The highest BCUT2D eigenvalue weighted by Crippen LogP contribution is 2.34. The first kappa shape index (κ1) is 15.6. The van der Waals surface area contributed by atoms with Crippen molar-refractivity contribution in [2.75, 3.05) is 0 Å². The Bertz CT molecular complexity index is 812. The van der Waals surface area contributed by atoms with Crippen molar-refractivity contribution in [3.05, 3.63) is 55.0 Å². The van der Waals surface area contributed by atoms with Crippen LogP contribution in [0.2, 0.25) is 10.0 Å². The van der Waals surface area contributed by atoms with E-state index in [1.807, 2.05) is 25.1 Å². The number of halogens is 2. The van der Waals surface area contributed by atoms with Gasteiger partial charge in [0.2, 0.25) is 0 Å². The van der Waals surface area contributed by atoms with Gasteiger partial charge in [0.25, 0.3) is 5.91 Å². The van der Waals surface area contributed by atoms with Crippen molar-refractivity contribution in [2.45, 2.75) is 6.92 Å². The molecule has 3 nitrogen and oxygen atoms in total. The second-order valence-corrected chi connectivity index (χ2v) is 7.64. The van der Waals surface area contributed by atoms with Crippen molar-refractivity contribution in [2.24, 2.45) is 4.99 Å². The Morgan fingerprint density at radius 2 is 2.05 bits per heavy atom. The van der Waals surface area contributed by atoms with Crippen molar-refractivity contribution in [1.29, 1.82) is 0 Å². The van der Waals surface area contributed by atoms with Crippen LogP contribution in [-0.4, -0.2) is 11.1 Å². The van der Waals surface area contributed by atoms with Gasteiger partial charge in [-0.15, -0.1) is 11.3 Å². The van der Waals surface area contributed by atoms with E-state index in [9.17, 15) is 4.79 Å². The highest BCUT2D eigenvalue weighted by molar-refractivity contribution is 8.18. The van der Waals surface area contributed by atoms with Gasteiger partial charge in [-0.3, -0.25) is 4.79 Å². The van der Waals surface area contributed by atoms with E-state index in [0.717, 1.165) is 4.88 Å². The number of nitrogens with zero attached hydrogens (tertiary/aromatic N) is 1. The summed E-state index contributed by atoms with van der Waals surface area (Å²) >= 11 is 15.0. The zero-order valence-electron chi connectivity index (χ0n) is 11.4. The molecule has 1 N–H and O–H groups in total. The van der Waals surface area contributed by atoms with Gasteiger partial charge in [0.1, 0.15) is 0 Å². The molecule has 1 aromatic carbocycles. The first-order chi connectivity index (χ1) is 10.5. The summed E-state index contributed by atoms with van der Waals surface area (Å²) in [6, 6.07) is 9.22. The number of carbonyl (C=O) groups excluding carboxylic acids is 1. The molecule has 0 radical (unpaired) electrons. The quantitative estimate of drug-likeness (QED) is 0.734. The molecule has 0 saturated carbocycles. The van der Waals surface area contributed by atoms with Gasteiger partial charge in [-0.1, -0.05) is 29.3 Å². The van der Waals surface area contributed by atoms with E-state index in [0.29, 0.717) is 25.8 Å². The number of amides is 1. The fraction of sp³-hybridized carbons (Fsp3) is 0.0667. The van der Waals surface area contributed by atoms with Crippen molar-refractivity contribution in [1.82, 2.24) is 5.32 Å². The maximum absolute atomic E-state index is 12.0.